The number of aliphatic hydroxyl groups excluding tert-OH is 1. The number of aliphatic hydroxyl groups is 1. The highest BCUT2D eigenvalue weighted by molar-refractivity contribution is 5.52. The number of benzene rings is 1. The third-order valence-electron chi connectivity index (χ3n) is 3.07. The molecule has 0 bridgehead atoms. The van der Waals surface area contributed by atoms with Gasteiger partial charge >= 0.3 is 6.18 Å². The van der Waals surface area contributed by atoms with Crippen LogP contribution in [0.15, 0.2) is 18.2 Å². The lowest BCUT2D eigenvalue weighted by molar-refractivity contribution is -0.138. The van der Waals surface area contributed by atoms with Crippen LogP contribution in [-0.4, -0.2) is 18.2 Å². The minimum atomic E-state index is -4.42. The molecule has 1 fully saturated rings. The van der Waals surface area contributed by atoms with E-state index >= 15 is 0 Å². The first-order valence-corrected chi connectivity index (χ1v) is 5.47. The van der Waals surface area contributed by atoms with Crippen LogP contribution in [0.4, 0.5) is 18.9 Å². The average molecular weight is 245 g/mol. The predicted octanol–water partition coefficient (Wildman–Crippen LogP) is 2.80. The standard InChI is InChI=1S/C12H14F3NO/c1-16(9-4-5-9)10-3-2-8(7-17)11(6-10)12(13,14)15/h2-3,6,9,17H,4-5,7H2,1H3. The minimum absolute atomic E-state index is 0.0783. The van der Waals surface area contributed by atoms with Crippen LogP contribution in [0.2, 0.25) is 0 Å². The van der Waals surface area contributed by atoms with Crippen LogP contribution in [0.3, 0.4) is 0 Å². The Hall–Kier alpha value is -1.23. The lowest BCUT2D eigenvalue weighted by atomic mass is 10.1. The number of anilines is 1. The van der Waals surface area contributed by atoms with Gasteiger partial charge in [0.05, 0.1) is 12.2 Å². The summed E-state index contributed by atoms with van der Waals surface area (Å²) in [5.41, 5.74) is -0.271. The molecule has 1 aliphatic rings. The number of halogens is 3. The normalized spacial score (nSPS) is 16.1. The molecule has 0 spiro atoms. The van der Waals surface area contributed by atoms with Crippen molar-refractivity contribution in [3.8, 4) is 0 Å². The van der Waals surface area contributed by atoms with Gasteiger partial charge in [0.15, 0.2) is 0 Å². The largest absolute Gasteiger partial charge is 0.416 e. The number of rotatable bonds is 3. The minimum Gasteiger partial charge on any atom is -0.392 e. The second-order valence-electron chi connectivity index (χ2n) is 4.34. The van der Waals surface area contributed by atoms with Crippen molar-refractivity contribution in [2.45, 2.75) is 31.7 Å². The van der Waals surface area contributed by atoms with Gasteiger partial charge in [-0.1, -0.05) is 6.07 Å². The Morgan fingerprint density at radius 3 is 2.47 bits per heavy atom. The van der Waals surface area contributed by atoms with E-state index in [-0.39, 0.29) is 5.56 Å². The first kappa shape index (κ1) is 12.2. The molecule has 0 aromatic heterocycles. The maximum Gasteiger partial charge on any atom is 0.416 e. The van der Waals surface area contributed by atoms with Crippen molar-refractivity contribution in [2.24, 2.45) is 0 Å². The lowest BCUT2D eigenvalue weighted by Crippen LogP contribution is -2.20. The van der Waals surface area contributed by atoms with Crippen LogP contribution in [-0.2, 0) is 12.8 Å². The van der Waals surface area contributed by atoms with Gasteiger partial charge in [-0.25, -0.2) is 0 Å². The van der Waals surface area contributed by atoms with Gasteiger partial charge in [-0.05, 0) is 30.5 Å². The van der Waals surface area contributed by atoms with Gasteiger partial charge in [-0.2, -0.15) is 13.2 Å². The first-order chi connectivity index (χ1) is 7.93. The van der Waals surface area contributed by atoms with Crippen LogP contribution < -0.4 is 4.90 Å². The third kappa shape index (κ3) is 2.54. The van der Waals surface area contributed by atoms with E-state index in [2.05, 4.69) is 0 Å². The molecule has 0 unspecified atom stereocenters. The van der Waals surface area contributed by atoms with Gasteiger partial charge in [-0.3, -0.25) is 0 Å². The molecule has 94 valence electrons. The summed E-state index contributed by atoms with van der Waals surface area (Å²) in [6.45, 7) is -0.595. The van der Waals surface area contributed by atoms with E-state index in [9.17, 15) is 13.2 Å². The summed E-state index contributed by atoms with van der Waals surface area (Å²) in [4.78, 5) is 1.86. The van der Waals surface area contributed by atoms with Crippen molar-refractivity contribution in [1.82, 2.24) is 0 Å². The van der Waals surface area contributed by atoms with Crippen LogP contribution in [0.5, 0.6) is 0 Å². The van der Waals surface area contributed by atoms with E-state index in [4.69, 9.17) is 5.11 Å². The average Bonchev–Trinajstić information content (AvgIpc) is 3.10. The zero-order valence-corrected chi connectivity index (χ0v) is 9.46. The summed E-state index contributed by atoms with van der Waals surface area (Å²) in [6, 6.07) is 4.44. The van der Waals surface area contributed by atoms with E-state index in [1.807, 2.05) is 4.90 Å². The first-order valence-electron chi connectivity index (χ1n) is 5.47. The molecular formula is C12H14F3NO. The molecule has 1 saturated carbocycles. The second kappa shape index (κ2) is 4.22. The van der Waals surface area contributed by atoms with Crippen LogP contribution in [0.25, 0.3) is 0 Å². The smallest absolute Gasteiger partial charge is 0.392 e. The summed E-state index contributed by atoms with van der Waals surface area (Å²) in [5.74, 6) is 0. The Balaban J connectivity index is 2.37. The Kier molecular flexibility index (Phi) is 3.03. The molecule has 2 nitrogen and oxygen atoms in total. The number of nitrogens with zero attached hydrogens (tertiary/aromatic N) is 1. The van der Waals surface area contributed by atoms with Crippen molar-refractivity contribution in [3.63, 3.8) is 0 Å². The van der Waals surface area contributed by atoms with Crippen molar-refractivity contribution in [2.75, 3.05) is 11.9 Å². The topological polar surface area (TPSA) is 23.5 Å². The molecule has 17 heavy (non-hydrogen) atoms. The summed E-state index contributed by atoms with van der Waals surface area (Å²) >= 11 is 0. The van der Waals surface area contributed by atoms with E-state index < -0.39 is 18.3 Å². The van der Waals surface area contributed by atoms with E-state index in [0.29, 0.717) is 11.7 Å². The van der Waals surface area contributed by atoms with Gasteiger partial charge in [-0.15, -0.1) is 0 Å². The Bertz CT molecular complexity index is 413. The van der Waals surface area contributed by atoms with Crippen LogP contribution in [0, 0.1) is 0 Å². The Morgan fingerprint density at radius 2 is 2.00 bits per heavy atom. The number of hydrogen-bond donors (Lipinski definition) is 1. The molecule has 0 aliphatic heterocycles. The van der Waals surface area contributed by atoms with E-state index in [0.717, 1.165) is 18.9 Å². The van der Waals surface area contributed by atoms with E-state index in [1.54, 1.807) is 13.1 Å². The van der Waals surface area contributed by atoms with Crippen molar-refractivity contribution < 1.29 is 18.3 Å². The molecule has 2 rings (SSSR count). The Labute approximate surface area is 97.7 Å². The fourth-order valence-electron chi connectivity index (χ4n) is 1.86. The summed E-state index contributed by atoms with van der Waals surface area (Å²) in [6.07, 6.45) is -2.36. The van der Waals surface area contributed by atoms with Crippen molar-refractivity contribution in [1.29, 1.82) is 0 Å². The zero-order chi connectivity index (χ0) is 12.6. The fraction of sp³-hybridized carbons (Fsp3) is 0.500. The predicted molar refractivity (Wildman–Crippen MR) is 58.8 cm³/mol. The molecule has 0 amide bonds. The number of hydrogen-bond acceptors (Lipinski definition) is 2. The summed E-state index contributed by atoms with van der Waals surface area (Å²) < 4.78 is 38.3. The molecular weight excluding hydrogens is 231 g/mol. The summed E-state index contributed by atoms with van der Waals surface area (Å²) in [7, 11) is 1.80. The Morgan fingerprint density at radius 1 is 1.35 bits per heavy atom. The molecule has 1 N–H and O–H groups in total. The lowest BCUT2D eigenvalue weighted by Gasteiger charge is -2.21. The van der Waals surface area contributed by atoms with Crippen molar-refractivity contribution >= 4 is 5.69 Å². The van der Waals surface area contributed by atoms with Gasteiger partial charge in [0, 0.05) is 18.8 Å². The molecule has 1 aromatic carbocycles. The molecule has 0 radical (unpaired) electrons. The molecule has 0 heterocycles. The third-order valence-corrected chi connectivity index (χ3v) is 3.07. The fourth-order valence-corrected chi connectivity index (χ4v) is 1.86. The SMILES string of the molecule is CN(c1ccc(CO)c(C(F)(F)F)c1)C1CC1. The number of alkyl halides is 3. The van der Waals surface area contributed by atoms with Gasteiger partial charge in [0.1, 0.15) is 0 Å². The van der Waals surface area contributed by atoms with E-state index in [1.165, 1.54) is 6.07 Å². The maximum absolute atomic E-state index is 12.8. The highest BCUT2D eigenvalue weighted by Gasteiger charge is 2.34. The maximum atomic E-state index is 12.8. The highest BCUT2D eigenvalue weighted by atomic mass is 19.4. The monoisotopic (exact) mass is 245 g/mol. The second-order valence-corrected chi connectivity index (χ2v) is 4.34. The molecule has 1 aliphatic carbocycles. The molecule has 5 heteroatoms. The van der Waals surface area contributed by atoms with Gasteiger partial charge in [0.2, 0.25) is 0 Å². The highest BCUT2D eigenvalue weighted by Crippen LogP contribution is 2.37. The molecule has 1 aromatic rings. The zero-order valence-electron chi connectivity index (χ0n) is 9.46. The quantitative estimate of drug-likeness (QED) is 0.885. The van der Waals surface area contributed by atoms with Crippen LogP contribution in [0.1, 0.15) is 24.0 Å². The van der Waals surface area contributed by atoms with Gasteiger partial charge < -0.3 is 10.0 Å². The van der Waals surface area contributed by atoms with Crippen LogP contribution >= 0.6 is 0 Å². The molecule has 0 atom stereocenters. The summed E-state index contributed by atoms with van der Waals surface area (Å²) in [5, 5.41) is 8.92. The molecule has 0 saturated heterocycles. The van der Waals surface area contributed by atoms with Gasteiger partial charge in [0.25, 0.3) is 0 Å². The van der Waals surface area contributed by atoms with Crippen molar-refractivity contribution in [3.05, 3.63) is 29.3 Å².